The lowest BCUT2D eigenvalue weighted by atomic mass is 9.94. The normalized spacial score (nSPS) is 16.7. The smallest absolute Gasteiger partial charge is 0.300 e. The van der Waals surface area contributed by atoms with Crippen molar-refractivity contribution in [1.82, 2.24) is 0 Å². The van der Waals surface area contributed by atoms with Crippen LogP contribution in [0.5, 0.6) is 17.2 Å². The SMILES string of the molecule is CCOc1cc(/C(O)=C2\C(=O)C(=O)N(c3ccc(F)c(Cl)c3)C2c2ccc(OC)c(OC)c2)ccc1Cl. The van der Waals surface area contributed by atoms with Gasteiger partial charge in [0.1, 0.15) is 17.3 Å². The molecule has 1 saturated heterocycles. The number of hydrogen-bond donors (Lipinski definition) is 1. The van der Waals surface area contributed by atoms with Crippen molar-refractivity contribution < 1.29 is 33.3 Å². The summed E-state index contributed by atoms with van der Waals surface area (Å²) in [5.41, 5.74) is 0.618. The lowest BCUT2D eigenvalue weighted by Crippen LogP contribution is -2.29. The monoisotopic (exact) mass is 545 g/mol. The fraction of sp³-hybridized carbons (Fsp3) is 0.185. The number of ketones is 1. The largest absolute Gasteiger partial charge is 0.507 e. The molecular weight excluding hydrogens is 524 g/mol. The van der Waals surface area contributed by atoms with E-state index in [1.807, 2.05) is 0 Å². The summed E-state index contributed by atoms with van der Waals surface area (Å²) in [6, 6.07) is 11.9. The number of aliphatic hydroxyl groups excluding tert-OH is 1. The minimum atomic E-state index is -1.10. The highest BCUT2D eigenvalue weighted by Crippen LogP contribution is 2.45. The molecule has 1 aliphatic rings. The first kappa shape index (κ1) is 26.3. The molecular formula is C27H22Cl2FNO6. The van der Waals surface area contributed by atoms with Crippen molar-refractivity contribution in [2.24, 2.45) is 0 Å². The van der Waals surface area contributed by atoms with Crippen LogP contribution in [-0.4, -0.2) is 37.6 Å². The Morgan fingerprint density at radius 2 is 1.68 bits per heavy atom. The predicted octanol–water partition coefficient (Wildman–Crippen LogP) is 6.17. The van der Waals surface area contributed by atoms with Gasteiger partial charge < -0.3 is 19.3 Å². The number of Topliss-reactive ketones (excluding diaryl/α,β-unsaturated/α-hetero) is 1. The maximum atomic E-state index is 13.9. The quantitative estimate of drug-likeness (QED) is 0.217. The molecule has 0 aromatic heterocycles. The Morgan fingerprint density at radius 1 is 0.946 bits per heavy atom. The number of anilines is 1. The number of nitrogens with zero attached hydrogens (tertiary/aromatic N) is 1. The molecule has 3 aromatic carbocycles. The van der Waals surface area contributed by atoms with E-state index in [4.69, 9.17) is 37.4 Å². The fourth-order valence-corrected chi connectivity index (χ4v) is 4.49. The van der Waals surface area contributed by atoms with E-state index in [9.17, 15) is 19.1 Å². The number of rotatable bonds is 7. The van der Waals surface area contributed by atoms with Gasteiger partial charge in [-0.1, -0.05) is 29.3 Å². The Balaban J connectivity index is 1.97. The molecule has 1 aliphatic heterocycles. The number of benzene rings is 3. The Bertz CT molecular complexity index is 1420. The van der Waals surface area contributed by atoms with Crippen molar-refractivity contribution in [3.63, 3.8) is 0 Å². The summed E-state index contributed by atoms with van der Waals surface area (Å²) in [6.07, 6.45) is 0. The molecule has 0 radical (unpaired) electrons. The molecule has 10 heteroatoms. The van der Waals surface area contributed by atoms with E-state index in [0.717, 1.165) is 11.0 Å². The number of hydrogen-bond acceptors (Lipinski definition) is 6. The zero-order valence-corrected chi connectivity index (χ0v) is 21.6. The van der Waals surface area contributed by atoms with Gasteiger partial charge in [-0.25, -0.2) is 4.39 Å². The van der Waals surface area contributed by atoms with Crippen molar-refractivity contribution >= 4 is 46.3 Å². The van der Waals surface area contributed by atoms with Gasteiger partial charge in [-0.15, -0.1) is 0 Å². The number of amides is 1. The van der Waals surface area contributed by atoms with Crippen LogP contribution in [0.15, 0.2) is 60.2 Å². The minimum absolute atomic E-state index is 0.165. The van der Waals surface area contributed by atoms with Gasteiger partial charge in [0.25, 0.3) is 11.7 Å². The van der Waals surface area contributed by atoms with E-state index in [0.29, 0.717) is 34.4 Å². The van der Waals surface area contributed by atoms with Crippen LogP contribution in [0.1, 0.15) is 24.1 Å². The third-order valence-electron chi connectivity index (χ3n) is 5.85. The molecule has 4 rings (SSSR count). The number of carbonyl (C=O) groups is 2. The van der Waals surface area contributed by atoms with Crippen LogP contribution in [0.4, 0.5) is 10.1 Å². The molecule has 1 amide bonds. The Morgan fingerprint density at radius 3 is 2.32 bits per heavy atom. The summed E-state index contributed by atoms with van der Waals surface area (Å²) < 4.78 is 30.1. The van der Waals surface area contributed by atoms with E-state index in [1.54, 1.807) is 25.1 Å². The first-order valence-electron chi connectivity index (χ1n) is 11.1. The van der Waals surface area contributed by atoms with Gasteiger partial charge in [0, 0.05) is 11.3 Å². The second-order valence-corrected chi connectivity index (χ2v) is 8.77. The summed E-state index contributed by atoms with van der Waals surface area (Å²) in [5.74, 6) is -1.93. The molecule has 1 heterocycles. The van der Waals surface area contributed by atoms with Crippen molar-refractivity contribution in [1.29, 1.82) is 0 Å². The van der Waals surface area contributed by atoms with Crippen LogP contribution in [-0.2, 0) is 9.59 Å². The lowest BCUT2D eigenvalue weighted by Gasteiger charge is -2.26. The zero-order chi connectivity index (χ0) is 26.9. The van der Waals surface area contributed by atoms with E-state index >= 15 is 0 Å². The predicted molar refractivity (Wildman–Crippen MR) is 138 cm³/mol. The number of carbonyl (C=O) groups excluding carboxylic acids is 2. The van der Waals surface area contributed by atoms with Gasteiger partial charge in [0.15, 0.2) is 11.5 Å². The van der Waals surface area contributed by atoms with Crippen molar-refractivity contribution in [2.45, 2.75) is 13.0 Å². The number of ether oxygens (including phenoxy) is 3. The Kier molecular flexibility index (Phi) is 7.61. The first-order valence-corrected chi connectivity index (χ1v) is 11.9. The molecule has 37 heavy (non-hydrogen) atoms. The van der Waals surface area contributed by atoms with Crippen LogP contribution < -0.4 is 19.1 Å². The van der Waals surface area contributed by atoms with E-state index in [2.05, 4.69) is 0 Å². The molecule has 1 N–H and O–H groups in total. The van der Waals surface area contributed by atoms with Crippen molar-refractivity contribution in [3.8, 4) is 17.2 Å². The molecule has 0 bridgehead atoms. The number of methoxy groups -OCH3 is 2. The maximum absolute atomic E-state index is 13.9. The van der Waals surface area contributed by atoms with E-state index < -0.39 is 29.3 Å². The molecule has 192 valence electrons. The average molecular weight is 546 g/mol. The number of halogens is 3. The highest BCUT2D eigenvalue weighted by molar-refractivity contribution is 6.52. The second kappa shape index (κ2) is 10.7. The van der Waals surface area contributed by atoms with Crippen LogP contribution in [0.2, 0.25) is 10.0 Å². The molecule has 1 unspecified atom stereocenters. The highest BCUT2D eigenvalue weighted by Gasteiger charge is 2.47. The molecule has 0 saturated carbocycles. The minimum Gasteiger partial charge on any atom is -0.507 e. The summed E-state index contributed by atoms with van der Waals surface area (Å²) >= 11 is 12.2. The Hall–Kier alpha value is -3.75. The molecule has 0 aliphatic carbocycles. The third kappa shape index (κ3) is 4.82. The molecule has 1 atom stereocenters. The number of aliphatic hydroxyl groups is 1. The van der Waals surface area contributed by atoms with Gasteiger partial charge >= 0.3 is 0 Å². The fourth-order valence-electron chi connectivity index (χ4n) is 4.14. The van der Waals surface area contributed by atoms with Crippen LogP contribution in [0.25, 0.3) is 5.76 Å². The van der Waals surface area contributed by atoms with Crippen molar-refractivity contribution in [3.05, 3.63) is 87.2 Å². The van der Waals surface area contributed by atoms with E-state index in [-0.39, 0.29) is 21.8 Å². The zero-order valence-electron chi connectivity index (χ0n) is 20.1. The maximum Gasteiger partial charge on any atom is 0.300 e. The molecule has 0 spiro atoms. The average Bonchev–Trinajstić information content (AvgIpc) is 3.16. The van der Waals surface area contributed by atoms with Gasteiger partial charge in [0.2, 0.25) is 0 Å². The van der Waals surface area contributed by atoms with Gasteiger partial charge in [-0.05, 0) is 61.0 Å². The van der Waals surface area contributed by atoms with Crippen molar-refractivity contribution in [2.75, 3.05) is 25.7 Å². The second-order valence-electron chi connectivity index (χ2n) is 7.96. The third-order valence-corrected chi connectivity index (χ3v) is 6.46. The van der Waals surface area contributed by atoms with Gasteiger partial charge in [0.05, 0.1) is 42.5 Å². The van der Waals surface area contributed by atoms with Crippen LogP contribution in [0.3, 0.4) is 0 Å². The summed E-state index contributed by atoms with van der Waals surface area (Å²) in [6.45, 7) is 2.10. The van der Waals surface area contributed by atoms with Crippen LogP contribution in [0, 0.1) is 5.82 Å². The molecule has 3 aromatic rings. The summed E-state index contributed by atoms with van der Waals surface area (Å²) in [7, 11) is 2.92. The lowest BCUT2D eigenvalue weighted by molar-refractivity contribution is -0.132. The summed E-state index contributed by atoms with van der Waals surface area (Å²) in [4.78, 5) is 27.8. The van der Waals surface area contributed by atoms with E-state index in [1.165, 1.54) is 44.6 Å². The highest BCUT2D eigenvalue weighted by atomic mass is 35.5. The topological polar surface area (TPSA) is 85.3 Å². The standard InChI is InChI=1S/C27H22Cl2FNO6/c1-4-37-21-12-15(5-8-17(21)28)25(32)23-24(14-6-10-20(35-2)22(11-14)36-3)31(27(34)26(23)33)16-7-9-19(30)18(29)13-16/h5-13,24,32H,4H2,1-3H3/b25-23+. The van der Waals surface area contributed by atoms with Gasteiger partial charge in [-0.2, -0.15) is 0 Å². The summed E-state index contributed by atoms with van der Waals surface area (Å²) in [5, 5.41) is 11.4. The van der Waals surface area contributed by atoms with Crippen LogP contribution >= 0.6 is 23.2 Å². The first-order chi connectivity index (χ1) is 17.7. The molecule has 1 fully saturated rings. The van der Waals surface area contributed by atoms with Gasteiger partial charge in [-0.3, -0.25) is 14.5 Å². The molecule has 7 nitrogen and oxygen atoms in total. The Labute approximate surface area is 222 Å².